The molecule has 0 bridgehead atoms. The monoisotopic (exact) mass is 299 g/mol. The fraction of sp³-hybridized carbons (Fsp3) is 0.455. The average Bonchev–Trinajstić information content (AvgIpc) is 2.26. The molecule has 0 aliphatic heterocycles. The van der Waals surface area contributed by atoms with E-state index in [2.05, 4.69) is 5.32 Å². The van der Waals surface area contributed by atoms with E-state index in [9.17, 15) is 0 Å². The second-order valence-electron chi connectivity index (χ2n) is 3.25. The first kappa shape index (κ1) is 17.0. The van der Waals surface area contributed by atoms with Gasteiger partial charge in [0.05, 0.1) is 19.8 Å². The smallest absolute Gasteiger partial charge is 0.0698 e. The van der Waals surface area contributed by atoms with Crippen LogP contribution in [0.3, 0.4) is 0 Å². The highest BCUT2D eigenvalue weighted by Gasteiger charge is 2.00. The molecule has 6 heteroatoms. The number of nitrogens with one attached hydrogen (secondary N) is 1. The van der Waals surface area contributed by atoms with E-state index in [-0.39, 0.29) is 19.0 Å². The van der Waals surface area contributed by atoms with Crippen molar-refractivity contribution in [3.63, 3.8) is 0 Å². The highest BCUT2D eigenvalue weighted by atomic mass is 35.5. The molecule has 1 aromatic rings. The van der Waals surface area contributed by atoms with Gasteiger partial charge in [-0.3, -0.25) is 0 Å². The molecule has 0 fully saturated rings. The lowest BCUT2D eigenvalue weighted by Crippen LogP contribution is -2.20. The number of ether oxygens (including phenoxy) is 1. The van der Waals surface area contributed by atoms with Crippen LogP contribution < -0.4 is 5.32 Å². The van der Waals surface area contributed by atoms with Gasteiger partial charge in [-0.05, 0) is 17.7 Å². The fourth-order valence-electron chi connectivity index (χ4n) is 1.20. The van der Waals surface area contributed by atoms with Crippen molar-refractivity contribution in [2.75, 3.05) is 26.4 Å². The third-order valence-corrected chi connectivity index (χ3v) is 2.58. The minimum Gasteiger partial charge on any atom is -0.394 e. The molecule has 0 unspecified atom stereocenters. The maximum absolute atomic E-state index is 8.49. The van der Waals surface area contributed by atoms with Crippen molar-refractivity contribution in [2.24, 2.45) is 0 Å². The fourth-order valence-corrected chi connectivity index (χ4v) is 1.67. The Labute approximate surface area is 117 Å². The van der Waals surface area contributed by atoms with Crippen LogP contribution in [0.25, 0.3) is 0 Å². The SMILES string of the molecule is Cl.OCCOCCNCc1ccc(Cl)cc1Cl. The van der Waals surface area contributed by atoms with Crippen LogP contribution in [0.15, 0.2) is 18.2 Å². The van der Waals surface area contributed by atoms with Gasteiger partial charge in [0, 0.05) is 23.1 Å². The molecule has 1 rings (SSSR count). The van der Waals surface area contributed by atoms with Crippen molar-refractivity contribution < 1.29 is 9.84 Å². The molecule has 98 valence electrons. The molecule has 0 aliphatic rings. The summed E-state index contributed by atoms with van der Waals surface area (Å²) >= 11 is 11.8. The number of aliphatic hydroxyl groups is 1. The van der Waals surface area contributed by atoms with E-state index in [1.54, 1.807) is 6.07 Å². The number of aliphatic hydroxyl groups excluding tert-OH is 1. The van der Waals surface area contributed by atoms with Gasteiger partial charge in [-0.2, -0.15) is 0 Å². The highest BCUT2D eigenvalue weighted by Crippen LogP contribution is 2.20. The Morgan fingerprint density at radius 3 is 2.65 bits per heavy atom. The van der Waals surface area contributed by atoms with Gasteiger partial charge in [0.1, 0.15) is 0 Å². The summed E-state index contributed by atoms with van der Waals surface area (Å²) in [4.78, 5) is 0. The van der Waals surface area contributed by atoms with Gasteiger partial charge in [-0.25, -0.2) is 0 Å². The van der Waals surface area contributed by atoms with E-state index in [0.717, 1.165) is 12.1 Å². The molecular weight excluding hydrogens is 284 g/mol. The van der Waals surface area contributed by atoms with Gasteiger partial charge in [0.25, 0.3) is 0 Å². The third kappa shape index (κ3) is 7.09. The second kappa shape index (κ2) is 9.95. The zero-order valence-electron chi connectivity index (χ0n) is 9.29. The molecule has 0 atom stereocenters. The summed E-state index contributed by atoms with van der Waals surface area (Å²) in [6.45, 7) is 2.41. The molecule has 0 aromatic heterocycles. The Balaban J connectivity index is 0.00000256. The first-order chi connectivity index (χ1) is 7.74. The zero-order valence-corrected chi connectivity index (χ0v) is 11.6. The van der Waals surface area contributed by atoms with Gasteiger partial charge >= 0.3 is 0 Å². The average molecular weight is 301 g/mol. The molecule has 0 amide bonds. The second-order valence-corrected chi connectivity index (χ2v) is 4.09. The van der Waals surface area contributed by atoms with Crippen LogP contribution in [-0.4, -0.2) is 31.5 Å². The van der Waals surface area contributed by atoms with Crippen molar-refractivity contribution in [3.05, 3.63) is 33.8 Å². The van der Waals surface area contributed by atoms with Crippen LogP contribution >= 0.6 is 35.6 Å². The first-order valence-corrected chi connectivity index (χ1v) is 5.83. The largest absolute Gasteiger partial charge is 0.394 e. The summed E-state index contributed by atoms with van der Waals surface area (Å²) in [5, 5.41) is 13.0. The molecule has 1 aromatic carbocycles. The molecule has 3 nitrogen and oxygen atoms in total. The maximum atomic E-state index is 8.49. The molecule has 17 heavy (non-hydrogen) atoms. The zero-order chi connectivity index (χ0) is 11.8. The van der Waals surface area contributed by atoms with E-state index >= 15 is 0 Å². The lowest BCUT2D eigenvalue weighted by molar-refractivity contribution is 0.0938. The van der Waals surface area contributed by atoms with Crippen molar-refractivity contribution >= 4 is 35.6 Å². The molecule has 0 saturated carbocycles. The lowest BCUT2D eigenvalue weighted by Gasteiger charge is -2.07. The third-order valence-electron chi connectivity index (χ3n) is 1.99. The van der Waals surface area contributed by atoms with Crippen molar-refractivity contribution in [3.8, 4) is 0 Å². The number of benzene rings is 1. The summed E-state index contributed by atoms with van der Waals surface area (Å²) in [6, 6.07) is 5.43. The van der Waals surface area contributed by atoms with Crippen LogP contribution in [0, 0.1) is 0 Å². The van der Waals surface area contributed by atoms with Gasteiger partial charge in [-0.1, -0.05) is 29.3 Å². The molecule has 0 heterocycles. The first-order valence-electron chi connectivity index (χ1n) is 5.07. The number of hydrogen-bond acceptors (Lipinski definition) is 3. The van der Waals surface area contributed by atoms with Crippen LogP contribution in [-0.2, 0) is 11.3 Å². The van der Waals surface area contributed by atoms with Crippen LogP contribution in [0.2, 0.25) is 10.0 Å². The molecule has 0 aliphatic carbocycles. The predicted octanol–water partition coefficient (Wildman–Crippen LogP) is 2.51. The van der Waals surface area contributed by atoms with Gasteiger partial charge in [-0.15, -0.1) is 12.4 Å². The molecule has 0 saturated heterocycles. The number of halogens is 3. The number of rotatable bonds is 7. The standard InChI is InChI=1S/C11H15Cl2NO2.ClH/c12-10-2-1-9(11(13)7-10)8-14-3-5-16-6-4-15;/h1-2,7,14-15H,3-6,8H2;1H. The summed E-state index contributed by atoms with van der Waals surface area (Å²) in [6.07, 6.45) is 0. The highest BCUT2D eigenvalue weighted by molar-refractivity contribution is 6.35. The molecule has 0 radical (unpaired) electrons. The Bertz CT molecular complexity index is 324. The quantitative estimate of drug-likeness (QED) is 0.760. The summed E-state index contributed by atoms with van der Waals surface area (Å²) < 4.78 is 5.10. The van der Waals surface area contributed by atoms with E-state index < -0.39 is 0 Å². The lowest BCUT2D eigenvalue weighted by atomic mass is 10.2. The van der Waals surface area contributed by atoms with E-state index in [1.165, 1.54) is 0 Å². The normalized spacial score (nSPS) is 10.1. The van der Waals surface area contributed by atoms with E-state index in [1.807, 2.05) is 12.1 Å². The topological polar surface area (TPSA) is 41.5 Å². The maximum Gasteiger partial charge on any atom is 0.0698 e. The van der Waals surface area contributed by atoms with Crippen LogP contribution in [0.5, 0.6) is 0 Å². The van der Waals surface area contributed by atoms with Crippen molar-refractivity contribution in [1.82, 2.24) is 5.32 Å². The van der Waals surface area contributed by atoms with Crippen LogP contribution in [0.4, 0.5) is 0 Å². The van der Waals surface area contributed by atoms with E-state index in [4.69, 9.17) is 33.0 Å². The molecule has 2 N–H and O–H groups in total. The van der Waals surface area contributed by atoms with E-state index in [0.29, 0.717) is 29.8 Å². The summed E-state index contributed by atoms with van der Waals surface area (Å²) in [7, 11) is 0. The molecular formula is C11H16Cl3NO2. The Morgan fingerprint density at radius 2 is 2.00 bits per heavy atom. The Morgan fingerprint density at radius 1 is 1.24 bits per heavy atom. The Hall–Kier alpha value is -0.0300. The van der Waals surface area contributed by atoms with Crippen molar-refractivity contribution in [1.29, 1.82) is 0 Å². The summed E-state index contributed by atoms with van der Waals surface area (Å²) in [5.74, 6) is 0. The molecule has 0 spiro atoms. The minimum absolute atomic E-state index is 0. The van der Waals surface area contributed by atoms with Gasteiger partial charge in [0.15, 0.2) is 0 Å². The van der Waals surface area contributed by atoms with Crippen molar-refractivity contribution in [2.45, 2.75) is 6.54 Å². The van der Waals surface area contributed by atoms with Crippen LogP contribution in [0.1, 0.15) is 5.56 Å². The minimum atomic E-state index is 0. The van der Waals surface area contributed by atoms with Gasteiger partial charge < -0.3 is 15.2 Å². The Kier molecular flexibility index (Phi) is 9.93. The van der Waals surface area contributed by atoms with Gasteiger partial charge in [0.2, 0.25) is 0 Å². The number of hydrogen-bond donors (Lipinski definition) is 2. The summed E-state index contributed by atoms with van der Waals surface area (Å²) in [5.41, 5.74) is 1.01. The predicted molar refractivity (Wildman–Crippen MR) is 73.3 cm³/mol.